The highest BCUT2D eigenvalue weighted by atomic mass is 32.1. The lowest BCUT2D eigenvalue weighted by molar-refractivity contribution is 0.0951. The second-order valence-corrected chi connectivity index (χ2v) is 5.32. The summed E-state index contributed by atoms with van der Waals surface area (Å²) in [7, 11) is 0. The molecule has 0 aromatic carbocycles. The van der Waals surface area contributed by atoms with Crippen molar-refractivity contribution in [3.05, 3.63) is 40.5 Å². The zero-order valence-corrected chi connectivity index (χ0v) is 12.0. The number of carbonyl (C=O) groups excluding carboxylic acids is 1. The van der Waals surface area contributed by atoms with Crippen LogP contribution in [0.4, 0.5) is 0 Å². The van der Waals surface area contributed by atoms with Crippen molar-refractivity contribution in [2.75, 3.05) is 13.2 Å². The van der Waals surface area contributed by atoms with Crippen LogP contribution in [0.3, 0.4) is 0 Å². The Labute approximate surface area is 116 Å². The molecule has 2 aromatic heterocycles. The molecule has 1 amide bonds. The number of nitrogens with zero attached hydrogens (tertiary/aromatic N) is 1. The Morgan fingerprint density at radius 1 is 1.32 bits per heavy atom. The summed E-state index contributed by atoms with van der Waals surface area (Å²) < 4.78 is 2.09. The van der Waals surface area contributed by atoms with Crippen LogP contribution in [0.15, 0.2) is 23.6 Å². The number of aromatic nitrogens is 1. The Morgan fingerprint density at radius 2 is 2.00 bits per heavy atom. The van der Waals surface area contributed by atoms with E-state index in [1.54, 1.807) is 11.3 Å². The highest BCUT2D eigenvalue weighted by Gasteiger charge is 2.16. The standard InChI is InChI=1S/C14H18N2O2S/c1-10-4-5-11(2)16(10)14-12(6-9-19-14)13(18)15-7-3-8-17/h4-6,9,17H,3,7-8H2,1-2H3,(H,15,18). The average Bonchev–Trinajstić information content (AvgIpc) is 2.96. The van der Waals surface area contributed by atoms with Gasteiger partial charge in [0, 0.05) is 24.5 Å². The highest BCUT2D eigenvalue weighted by molar-refractivity contribution is 7.13. The SMILES string of the molecule is Cc1ccc(C)n1-c1sccc1C(=O)NCCCO. The van der Waals surface area contributed by atoms with Gasteiger partial charge in [0.15, 0.2) is 0 Å². The molecule has 19 heavy (non-hydrogen) atoms. The van der Waals surface area contributed by atoms with E-state index < -0.39 is 0 Å². The maximum absolute atomic E-state index is 12.1. The molecule has 5 heteroatoms. The van der Waals surface area contributed by atoms with Gasteiger partial charge in [0.1, 0.15) is 5.00 Å². The lowest BCUT2D eigenvalue weighted by Crippen LogP contribution is -2.25. The van der Waals surface area contributed by atoms with Crippen molar-refractivity contribution in [3.8, 4) is 5.00 Å². The van der Waals surface area contributed by atoms with Crippen LogP contribution in [0.2, 0.25) is 0 Å². The number of hydrogen-bond donors (Lipinski definition) is 2. The van der Waals surface area contributed by atoms with Gasteiger partial charge in [-0.2, -0.15) is 0 Å². The van der Waals surface area contributed by atoms with Crippen LogP contribution in [0.1, 0.15) is 28.2 Å². The number of rotatable bonds is 5. The molecule has 2 N–H and O–H groups in total. The second kappa shape index (κ2) is 6.04. The molecule has 2 heterocycles. The molecule has 0 radical (unpaired) electrons. The minimum absolute atomic E-state index is 0.0859. The topological polar surface area (TPSA) is 54.3 Å². The van der Waals surface area contributed by atoms with Gasteiger partial charge in [-0.1, -0.05) is 0 Å². The summed E-state index contributed by atoms with van der Waals surface area (Å²) in [6.07, 6.45) is 0.576. The van der Waals surface area contributed by atoms with Crippen LogP contribution in [-0.2, 0) is 0 Å². The normalized spacial score (nSPS) is 10.7. The maximum Gasteiger partial charge on any atom is 0.254 e. The fourth-order valence-electron chi connectivity index (χ4n) is 2.01. The molecule has 2 aromatic rings. The van der Waals surface area contributed by atoms with Crippen molar-refractivity contribution in [2.45, 2.75) is 20.3 Å². The Hall–Kier alpha value is -1.59. The largest absolute Gasteiger partial charge is 0.396 e. The maximum atomic E-state index is 12.1. The fourth-order valence-corrected chi connectivity index (χ4v) is 3.03. The van der Waals surface area contributed by atoms with Crippen molar-refractivity contribution in [1.29, 1.82) is 0 Å². The third-order valence-corrected chi connectivity index (χ3v) is 3.88. The lowest BCUT2D eigenvalue weighted by Gasteiger charge is -2.10. The molecule has 102 valence electrons. The molecule has 0 saturated carbocycles. The zero-order valence-electron chi connectivity index (χ0n) is 11.1. The number of aliphatic hydroxyl groups is 1. The highest BCUT2D eigenvalue weighted by Crippen LogP contribution is 2.25. The van der Waals surface area contributed by atoms with E-state index in [0.717, 1.165) is 16.4 Å². The predicted molar refractivity (Wildman–Crippen MR) is 77.2 cm³/mol. The fraction of sp³-hybridized carbons (Fsp3) is 0.357. The molecule has 0 aliphatic heterocycles. The molecular formula is C14H18N2O2S. The van der Waals surface area contributed by atoms with Crippen molar-refractivity contribution in [2.24, 2.45) is 0 Å². The summed E-state index contributed by atoms with van der Waals surface area (Å²) in [6, 6.07) is 5.93. The number of thiophene rings is 1. The molecule has 0 aliphatic rings. The van der Waals surface area contributed by atoms with E-state index in [4.69, 9.17) is 5.11 Å². The Morgan fingerprint density at radius 3 is 2.63 bits per heavy atom. The van der Waals surface area contributed by atoms with Crippen LogP contribution >= 0.6 is 11.3 Å². The van der Waals surface area contributed by atoms with Gasteiger partial charge >= 0.3 is 0 Å². The number of amides is 1. The minimum atomic E-state index is -0.0859. The minimum Gasteiger partial charge on any atom is -0.396 e. The van der Waals surface area contributed by atoms with Crippen molar-refractivity contribution < 1.29 is 9.90 Å². The van der Waals surface area contributed by atoms with E-state index in [1.165, 1.54) is 0 Å². The molecule has 2 rings (SSSR count). The van der Waals surface area contributed by atoms with Crippen LogP contribution in [-0.4, -0.2) is 28.7 Å². The Bertz CT molecular complexity index is 552. The van der Waals surface area contributed by atoms with Gasteiger partial charge in [0.2, 0.25) is 0 Å². The number of nitrogens with one attached hydrogen (secondary N) is 1. The first-order valence-corrected chi connectivity index (χ1v) is 7.15. The molecule has 0 bridgehead atoms. The van der Waals surface area contributed by atoms with Crippen LogP contribution < -0.4 is 5.32 Å². The van der Waals surface area contributed by atoms with Gasteiger partial charge < -0.3 is 15.0 Å². The number of aliphatic hydroxyl groups excluding tert-OH is 1. The summed E-state index contributed by atoms with van der Waals surface area (Å²) in [5.74, 6) is -0.0859. The van der Waals surface area contributed by atoms with Crippen LogP contribution in [0.5, 0.6) is 0 Å². The van der Waals surface area contributed by atoms with E-state index in [-0.39, 0.29) is 12.5 Å². The molecular weight excluding hydrogens is 260 g/mol. The quantitative estimate of drug-likeness (QED) is 0.824. The van der Waals surface area contributed by atoms with Crippen LogP contribution in [0.25, 0.3) is 5.00 Å². The summed E-state index contributed by atoms with van der Waals surface area (Å²) >= 11 is 1.56. The van der Waals surface area contributed by atoms with Gasteiger partial charge in [-0.15, -0.1) is 11.3 Å². The molecule has 0 fully saturated rings. The Kier molecular flexibility index (Phi) is 4.39. The third-order valence-electron chi connectivity index (χ3n) is 2.98. The monoisotopic (exact) mass is 278 g/mol. The summed E-state index contributed by atoms with van der Waals surface area (Å²) in [6.45, 7) is 4.64. The predicted octanol–water partition coefficient (Wildman–Crippen LogP) is 2.27. The van der Waals surface area contributed by atoms with E-state index in [2.05, 4.69) is 9.88 Å². The molecule has 0 saturated heterocycles. The van der Waals surface area contributed by atoms with Gasteiger partial charge in [-0.25, -0.2) is 0 Å². The lowest BCUT2D eigenvalue weighted by atomic mass is 10.3. The van der Waals surface area contributed by atoms with Crippen molar-refractivity contribution in [1.82, 2.24) is 9.88 Å². The smallest absolute Gasteiger partial charge is 0.254 e. The zero-order chi connectivity index (χ0) is 13.8. The molecule has 0 spiro atoms. The first-order chi connectivity index (χ1) is 9.15. The number of carbonyl (C=O) groups is 1. The van der Waals surface area contributed by atoms with Crippen LogP contribution in [0, 0.1) is 13.8 Å². The van der Waals surface area contributed by atoms with E-state index in [0.29, 0.717) is 18.5 Å². The third kappa shape index (κ3) is 2.88. The van der Waals surface area contributed by atoms with E-state index in [1.807, 2.05) is 37.4 Å². The van der Waals surface area contributed by atoms with E-state index >= 15 is 0 Å². The number of hydrogen-bond acceptors (Lipinski definition) is 3. The summed E-state index contributed by atoms with van der Waals surface area (Å²) in [5.41, 5.74) is 2.92. The Balaban J connectivity index is 2.25. The van der Waals surface area contributed by atoms with Crippen molar-refractivity contribution in [3.63, 3.8) is 0 Å². The number of aryl methyl sites for hydroxylation is 2. The summed E-state index contributed by atoms with van der Waals surface area (Å²) in [4.78, 5) is 12.1. The van der Waals surface area contributed by atoms with Gasteiger partial charge in [-0.05, 0) is 43.8 Å². The average molecular weight is 278 g/mol. The molecule has 0 aliphatic carbocycles. The molecule has 0 unspecified atom stereocenters. The van der Waals surface area contributed by atoms with Gasteiger partial charge in [0.05, 0.1) is 5.56 Å². The molecule has 0 atom stereocenters. The summed E-state index contributed by atoms with van der Waals surface area (Å²) in [5, 5.41) is 14.4. The van der Waals surface area contributed by atoms with E-state index in [9.17, 15) is 4.79 Å². The van der Waals surface area contributed by atoms with Crippen molar-refractivity contribution >= 4 is 17.2 Å². The first-order valence-electron chi connectivity index (χ1n) is 6.27. The second-order valence-electron chi connectivity index (χ2n) is 4.42. The van der Waals surface area contributed by atoms with Gasteiger partial charge in [0.25, 0.3) is 5.91 Å². The molecule has 4 nitrogen and oxygen atoms in total. The van der Waals surface area contributed by atoms with Gasteiger partial charge in [-0.3, -0.25) is 4.79 Å². The first kappa shape index (κ1) is 13.8.